The number of rotatable bonds is 8. The largest absolute Gasteiger partial charge is 0.497 e. The lowest BCUT2D eigenvalue weighted by atomic mass is 10.1. The van der Waals surface area contributed by atoms with Gasteiger partial charge in [-0.1, -0.05) is 30.3 Å². The molecular weight excluding hydrogens is 350 g/mol. The Morgan fingerprint density at radius 3 is 2.39 bits per heavy atom. The quantitative estimate of drug-likeness (QED) is 0.634. The van der Waals surface area contributed by atoms with Crippen molar-refractivity contribution in [3.8, 4) is 5.75 Å². The monoisotopic (exact) mass is 375 g/mol. The number of anilines is 2. The zero-order chi connectivity index (χ0) is 19.8. The zero-order valence-electron chi connectivity index (χ0n) is 16.3. The van der Waals surface area contributed by atoms with Gasteiger partial charge in [-0.25, -0.2) is 4.98 Å². The van der Waals surface area contributed by atoms with E-state index in [2.05, 4.69) is 22.4 Å². The minimum Gasteiger partial charge on any atom is -0.497 e. The van der Waals surface area contributed by atoms with Crippen molar-refractivity contribution in [2.45, 2.75) is 13.3 Å². The van der Waals surface area contributed by atoms with Crippen LogP contribution < -0.4 is 15.0 Å². The van der Waals surface area contributed by atoms with Gasteiger partial charge in [-0.2, -0.15) is 0 Å². The molecule has 28 heavy (non-hydrogen) atoms. The summed E-state index contributed by atoms with van der Waals surface area (Å²) in [7, 11) is 1.66. The number of carbonyl (C=O) groups excluding carboxylic acids is 1. The molecule has 0 saturated heterocycles. The Morgan fingerprint density at radius 2 is 1.79 bits per heavy atom. The summed E-state index contributed by atoms with van der Waals surface area (Å²) in [5.74, 6) is 1.56. The molecule has 1 heterocycles. The number of hydrogen-bond donors (Lipinski definition) is 1. The molecule has 5 nitrogen and oxygen atoms in total. The summed E-state index contributed by atoms with van der Waals surface area (Å²) in [6.07, 6.45) is 2.51. The van der Waals surface area contributed by atoms with Crippen molar-refractivity contribution >= 4 is 17.4 Å². The lowest BCUT2D eigenvalue weighted by Crippen LogP contribution is -2.30. The molecule has 0 aliphatic rings. The number of nitrogens with zero attached hydrogens (tertiary/aromatic N) is 2. The molecule has 0 aliphatic heterocycles. The van der Waals surface area contributed by atoms with Crippen LogP contribution >= 0.6 is 0 Å². The van der Waals surface area contributed by atoms with E-state index >= 15 is 0 Å². The molecule has 1 amide bonds. The van der Waals surface area contributed by atoms with E-state index in [0.717, 1.165) is 30.2 Å². The smallest absolute Gasteiger partial charge is 0.259 e. The molecule has 0 fully saturated rings. The van der Waals surface area contributed by atoms with Crippen LogP contribution in [-0.2, 0) is 6.42 Å². The third-order valence-electron chi connectivity index (χ3n) is 4.52. The summed E-state index contributed by atoms with van der Waals surface area (Å²) in [5.41, 5.74) is 2.68. The minimum absolute atomic E-state index is 0.0500. The Morgan fingerprint density at radius 1 is 1.04 bits per heavy atom. The van der Waals surface area contributed by atoms with Crippen molar-refractivity contribution in [2.24, 2.45) is 0 Å². The number of amides is 1. The third kappa shape index (κ3) is 4.88. The van der Waals surface area contributed by atoms with E-state index in [1.165, 1.54) is 5.56 Å². The van der Waals surface area contributed by atoms with Gasteiger partial charge in [-0.15, -0.1) is 0 Å². The summed E-state index contributed by atoms with van der Waals surface area (Å²) < 4.78 is 5.17. The summed E-state index contributed by atoms with van der Waals surface area (Å²) in [5, 5.41) is 3.30. The number of carbonyl (C=O) groups is 1. The lowest BCUT2D eigenvalue weighted by Gasteiger charge is -2.21. The van der Waals surface area contributed by atoms with Gasteiger partial charge in [0.2, 0.25) is 0 Å². The van der Waals surface area contributed by atoms with Gasteiger partial charge < -0.3 is 15.0 Å². The van der Waals surface area contributed by atoms with Crippen molar-refractivity contribution in [3.05, 3.63) is 84.1 Å². The maximum atomic E-state index is 12.8. The second kappa shape index (κ2) is 9.55. The molecule has 1 aromatic heterocycles. The molecule has 5 heteroatoms. The molecular formula is C23H25N3O2. The zero-order valence-corrected chi connectivity index (χ0v) is 16.3. The molecule has 0 aliphatic carbocycles. The van der Waals surface area contributed by atoms with Gasteiger partial charge in [0.15, 0.2) is 0 Å². The Bertz CT molecular complexity index is 878. The van der Waals surface area contributed by atoms with E-state index in [1.807, 2.05) is 61.5 Å². The second-order valence-corrected chi connectivity index (χ2v) is 6.34. The number of aromatic nitrogens is 1. The van der Waals surface area contributed by atoms with Gasteiger partial charge in [-0.05, 0) is 55.3 Å². The summed E-state index contributed by atoms with van der Waals surface area (Å²) in [4.78, 5) is 18.9. The highest BCUT2D eigenvalue weighted by Gasteiger charge is 2.16. The second-order valence-electron chi connectivity index (χ2n) is 6.34. The number of para-hydroxylation sites is 1. The summed E-state index contributed by atoms with van der Waals surface area (Å²) >= 11 is 0. The van der Waals surface area contributed by atoms with Crippen LogP contribution in [0.5, 0.6) is 5.75 Å². The predicted molar refractivity (Wildman–Crippen MR) is 113 cm³/mol. The van der Waals surface area contributed by atoms with Gasteiger partial charge in [-0.3, -0.25) is 4.79 Å². The Kier molecular flexibility index (Phi) is 6.63. The van der Waals surface area contributed by atoms with E-state index in [9.17, 15) is 4.79 Å². The van der Waals surface area contributed by atoms with E-state index in [-0.39, 0.29) is 5.91 Å². The number of ether oxygens (including phenoxy) is 1. The highest BCUT2D eigenvalue weighted by atomic mass is 16.5. The van der Waals surface area contributed by atoms with Gasteiger partial charge in [0.25, 0.3) is 5.91 Å². The van der Waals surface area contributed by atoms with Crippen LogP contribution in [0, 0.1) is 0 Å². The molecule has 0 bridgehead atoms. The summed E-state index contributed by atoms with van der Waals surface area (Å²) in [6.45, 7) is 3.33. The van der Waals surface area contributed by atoms with Crippen molar-refractivity contribution in [1.82, 2.24) is 4.98 Å². The SMILES string of the molecule is CCN(C(=O)c1ccc(NCCc2ccc(OC)cc2)nc1)c1ccccc1. The van der Waals surface area contributed by atoms with E-state index in [1.54, 1.807) is 18.2 Å². The molecule has 3 aromatic rings. The molecule has 144 valence electrons. The van der Waals surface area contributed by atoms with Crippen molar-refractivity contribution < 1.29 is 9.53 Å². The number of hydrogen-bond acceptors (Lipinski definition) is 4. The van der Waals surface area contributed by atoms with Crippen molar-refractivity contribution in [1.29, 1.82) is 0 Å². The Labute approximate surface area is 166 Å². The summed E-state index contributed by atoms with van der Waals surface area (Å²) in [6, 6.07) is 21.4. The molecule has 0 radical (unpaired) electrons. The van der Waals surface area contributed by atoms with Crippen LogP contribution in [0.1, 0.15) is 22.8 Å². The fraction of sp³-hybridized carbons (Fsp3) is 0.217. The van der Waals surface area contributed by atoms with Crippen molar-refractivity contribution in [2.75, 3.05) is 30.4 Å². The first-order valence-electron chi connectivity index (χ1n) is 9.41. The van der Waals surface area contributed by atoms with Crippen LogP contribution in [0.2, 0.25) is 0 Å². The topological polar surface area (TPSA) is 54.5 Å². The number of pyridine rings is 1. The van der Waals surface area contributed by atoms with Gasteiger partial charge in [0, 0.05) is 25.0 Å². The molecule has 0 unspecified atom stereocenters. The fourth-order valence-corrected chi connectivity index (χ4v) is 2.96. The van der Waals surface area contributed by atoms with Crippen LogP contribution in [0.15, 0.2) is 72.9 Å². The van der Waals surface area contributed by atoms with E-state index in [0.29, 0.717) is 12.1 Å². The number of methoxy groups -OCH3 is 1. The standard InChI is InChI=1S/C23H25N3O2/c1-3-26(20-7-5-4-6-8-20)23(27)19-11-14-22(25-17-19)24-16-15-18-9-12-21(28-2)13-10-18/h4-14,17H,3,15-16H2,1-2H3,(H,24,25). The van der Waals surface area contributed by atoms with Crippen molar-refractivity contribution in [3.63, 3.8) is 0 Å². The van der Waals surface area contributed by atoms with E-state index < -0.39 is 0 Å². The molecule has 0 saturated carbocycles. The minimum atomic E-state index is -0.0500. The third-order valence-corrected chi connectivity index (χ3v) is 4.52. The maximum absolute atomic E-state index is 12.8. The first kappa shape index (κ1) is 19.4. The van der Waals surface area contributed by atoms with E-state index in [4.69, 9.17) is 4.74 Å². The average Bonchev–Trinajstić information content (AvgIpc) is 2.76. The molecule has 1 N–H and O–H groups in total. The van der Waals surface area contributed by atoms with Crippen LogP contribution in [0.4, 0.5) is 11.5 Å². The molecule has 0 spiro atoms. The van der Waals surface area contributed by atoms with Crippen LogP contribution in [-0.4, -0.2) is 31.1 Å². The lowest BCUT2D eigenvalue weighted by molar-refractivity contribution is 0.0988. The van der Waals surface area contributed by atoms with Crippen LogP contribution in [0.3, 0.4) is 0 Å². The Hall–Kier alpha value is -3.34. The fourth-order valence-electron chi connectivity index (χ4n) is 2.96. The highest BCUT2D eigenvalue weighted by molar-refractivity contribution is 6.05. The van der Waals surface area contributed by atoms with Gasteiger partial charge in [0.05, 0.1) is 12.7 Å². The van der Waals surface area contributed by atoms with Gasteiger partial charge >= 0.3 is 0 Å². The number of benzene rings is 2. The maximum Gasteiger partial charge on any atom is 0.259 e. The first-order chi connectivity index (χ1) is 13.7. The number of nitrogens with one attached hydrogen (secondary N) is 1. The highest BCUT2D eigenvalue weighted by Crippen LogP contribution is 2.17. The van der Waals surface area contributed by atoms with Gasteiger partial charge in [0.1, 0.15) is 11.6 Å². The molecule has 0 atom stereocenters. The normalized spacial score (nSPS) is 10.4. The average molecular weight is 375 g/mol. The Balaban J connectivity index is 1.57. The molecule has 2 aromatic carbocycles. The molecule has 3 rings (SSSR count). The van der Waals surface area contributed by atoms with Crippen LogP contribution in [0.25, 0.3) is 0 Å². The first-order valence-corrected chi connectivity index (χ1v) is 9.41. The predicted octanol–water partition coefficient (Wildman–Crippen LogP) is 4.41.